The molecule has 0 atom stereocenters. The lowest BCUT2D eigenvalue weighted by Gasteiger charge is -2.00. The highest BCUT2D eigenvalue weighted by atomic mass is 16.4. The average molecular weight is 240 g/mol. The van der Waals surface area contributed by atoms with Gasteiger partial charge in [-0.2, -0.15) is 0 Å². The van der Waals surface area contributed by atoms with Crippen LogP contribution in [0.15, 0.2) is 4.42 Å². The minimum absolute atomic E-state index is 0.192. The Balaban J connectivity index is 3.37. The molecule has 2 N–H and O–H groups in total. The molecule has 1 aromatic heterocycles. The Kier molecular flexibility index (Phi) is 4.31. The zero-order valence-electron chi connectivity index (χ0n) is 9.95. The second kappa shape index (κ2) is 5.52. The molecule has 0 aliphatic rings. The van der Waals surface area contributed by atoms with E-state index in [4.69, 9.17) is 14.6 Å². The van der Waals surface area contributed by atoms with E-state index in [2.05, 4.69) is 0 Å². The summed E-state index contributed by atoms with van der Waals surface area (Å²) in [5, 5.41) is 18.0. The first-order valence-corrected chi connectivity index (χ1v) is 5.64. The maximum atomic E-state index is 11.1. The minimum atomic E-state index is -1.33. The lowest BCUT2D eigenvalue weighted by Crippen LogP contribution is -2.07. The van der Waals surface area contributed by atoms with E-state index in [9.17, 15) is 9.59 Å². The van der Waals surface area contributed by atoms with Gasteiger partial charge in [0.1, 0.15) is 11.3 Å². The summed E-state index contributed by atoms with van der Waals surface area (Å²) < 4.78 is 5.18. The zero-order valence-corrected chi connectivity index (χ0v) is 9.95. The first-order valence-electron chi connectivity index (χ1n) is 5.64. The monoisotopic (exact) mass is 240 g/mol. The average Bonchev–Trinajstić information content (AvgIpc) is 2.59. The maximum Gasteiger partial charge on any atom is 0.372 e. The van der Waals surface area contributed by atoms with Crippen LogP contribution in [0.1, 0.15) is 58.9 Å². The van der Waals surface area contributed by atoms with Crippen LogP contribution in [-0.4, -0.2) is 22.2 Å². The summed E-state index contributed by atoms with van der Waals surface area (Å²) in [6.07, 6.45) is 2.61. The van der Waals surface area contributed by atoms with Gasteiger partial charge in [-0.3, -0.25) is 0 Å². The molecule has 1 rings (SSSR count). The second-order valence-corrected chi connectivity index (χ2v) is 3.82. The van der Waals surface area contributed by atoms with Crippen molar-refractivity contribution in [2.24, 2.45) is 0 Å². The van der Waals surface area contributed by atoms with Crippen LogP contribution in [0.25, 0.3) is 0 Å². The zero-order chi connectivity index (χ0) is 13.0. The lowest BCUT2D eigenvalue weighted by atomic mass is 10.0. The number of carboxylic acids is 2. The van der Waals surface area contributed by atoms with Gasteiger partial charge < -0.3 is 14.6 Å². The van der Waals surface area contributed by atoms with Gasteiger partial charge in [-0.1, -0.05) is 20.3 Å². The first kappa shape index (κ1) is 13.3. The van der Waals surface area contributed by atoms with Crippen LogP contribution in [0.4, 0.5) is 0 Å². The molecule has 0 bridgehead atoms. The highest BCUT2D eigenvalue weighted by molar-refractivity contribution is 6.01. The van der Waals surface area contributed by atoms with Gasteiger partial charge in [0.2, 0.25) is 5.76 Å². The predicted octanol–water partition coefficient (Wildman–Crippen LogP) is 2.58. The van der Waals surface area contributed by atoms with Crippen molar-refractivity contribution in [3.05, 3.63) is 22.6 Å². The number of carbonyl (C=O) groups is 2. The fourth-order valence-electron chi connectivity index (χ4n) is 1.83. The third kappa shape index (κ3) is 2.67. The smallest absolute Gasteiger partial charge is 0.372 e. The van der Waals surface area contributed by atoms with E-state index in [1.54, 1.807) is 0 Å². The Morgan fingerprint density at radius 2 is 1.65 bits per heavy atom. The van der Waals surface area contributed by atoms with Crippen molar-refractivity contribution in [1.82, 2.24) is 0 Å². The lowest BCUT2D eigenvalue weighted by molar-refractivity contribution is 0.0624. The predicted molar refractivity (Wildman–Crippen MR) is 60.6 cm³/mol. The van der Waals surface area contributed by atoms with E-state index < -0.39 is 17.7 Å². The molecule has 0 saturated heterocycles. The number of hydrogen-bond acceptors (Lipinski definition) is 3. The number of aryl methyl sites for hydroxylation is 1. The third-order valence-corrected chi connectivity index (χ3v) is 2.48. The molecule has 5 heteroatoms. The van der Waals surface area contributed by atoms with Gasteiger partial charge >= 0.3 is 11.9 Å². The number of carboxylic acid groups (broad SMARTS) is 2. The van der Waals surface area contributed by atoms with Crippen LogP contribution in [0.2, 0.25) is 0 Å². The minimum Gasteiger partial charge on any atom is -0.478 e. The van der Waals surface area contributed by atoms with Gasteiger partial charge in [-0.15, -0.1) is 0 Å². The molecule has 0 unspecified atom stereocenters. The quantitative estimate of drug-likeness (QED) is 0.797. The summed E-state index contributed by atoms with van der Waals surface area (Å²) >= 11 is 0. The normalized spacial score (nSPS) is 10.5. The molecule has 0 aliphatic carbocycles. The van der Waals surface area contributed by atoms with Crippen molar-refractivity contribution >= 4 is 11.9 Å². The standard InChI is InChI=1S/C12H16O5/c1-3-5-7-8(6-4-2)17-10(12(15)16)9(7)11(13)14/h3-6H2,1-2H3,(H,13,14)(H,15,16). The molecular weight excluding hydrogens is 224 g/mol. The molecular formula is C12H16O5. The van der Waals surface area contributed by atoms with Crippen molar-refractivity contribution in [3.63, 3.8) is 0 Å². The Morgan fingerprint density at radius 3 is 2.06 bits per heavy atom. The van der Waals surface area contributed by atoms with E-state index in [-0.39, 0.29) is 5.56 Å². The Hall–Kier alpha value is -1.78. The Bertz CT molecular complexity index is 430. The van der Waals surface area contributed by atoms with Crippen molar-refractivity contribution in [2.45, 2.75) is 39.5 Å². The number of rotatable bonds is 6. The number of aromatic carboxylic acids is 2. The van der Waals surface area contributed by atoms with Gasteiger partial charge in [-0.05, 0) is 12.8 Å². The second-order valence-electron chi connectivity index (χ2n) is 3.82. The van der Waals surface area contributed by atoms with Gasteiger partial charge in [0, 0.05) is 12.0 Å². The summed E-state index contributed by atoms with van der Waals surface area (Å²) in [7, 11) is 0. The van der Waals surface area contributed by atoms with Crippen molar-refractivity contribution in [1.29, 1.82) is 0 Å². The van der Waals surface area contributed by atoms with Crippen LogP contribution in [0.3, 0.4) is 0 Å². The van der Waals surface area contributed by atoms with Crippen LogP contribution in [0.5, 0.6) is 0 Å². The first-order chi connectivity index (χ1) is 8.02. The van der Waals surface area contributed by atoms with Gasteiger partial charge in [0.25, 0.3) is 0 Å². The summed E-state index contributed by atoms with van der Waals surface area (Å²) in [5.74, 6) is -2.53. The molecule has 0 aliphatic heterocycles. The SMILES string of the molecule is CCCc1oc(C(=O)O)c(C(=O)O)c1CCC. The summed E-state index contributed by atoms with van der Waals surface area (Å²) in [6.45, 7) is 3.84. The third-order valence-electron chi connectivity index (χ3n) is 2.48. The van der Waals surface area contributed by atoms with E-state index >= 15 is 0 Å². The summed E-state index contributed by atoms with van der Waals surface area (Å²) in [6, 6.07) is 0. The fourth-order valence-corrected chi connectivity index (χ4v) is 1.83. The molecule has 0 fully saturated rings. The largest absolute Gasteiger partial charge is 0.478 e. The van der Waals surface area contributed by atoms with Crippen LogP contribution in [0, 0.1) is 0 Å². The van der Waals surface area contributed by atoms with E-state index in [0.29, 0.717) is 24.2 Å². The number of furan rings is 1. The molecule has 0 aromatic carbocycles. The highest BCUT2D eigenvalue weighted by Crippen LogP contribution is 2.26. The van der Waals surface area contributed by atoms with Crippen LogP contribution < -0.4 is 0 Å². The molecule has 17 heavy (non-hydrogen) atoms. The van der Waals surface area contributed by atoms with Crippen molar-refractivity contribution < 1.29 is 24.2 Å². The molecule has 0 radical (unpaired) electrons. The summed E-state index contributed by atoms with van der Waals surface area (Å²) in [5.41, 5.74) is 0.335. The van der Waals surface area contributed by atoms with Crippen molar-refractivity contribution in [3.8, 4) is 0 Å². The topological polar surface area (TPSA) is 87.7 Å². The molecule has 0 amide bonds. The number of hydrogen-bond donors (Lipinski definition) is 2. The van der Waals surface area contributed by atoms with Crippen LogP contribution in [-0.2, 0) is 12.8 Å². The van der Waals surface area contributed by atoms with E-state index in [1.807, 2.05) is 13.8 Å². The van der Waals surface area contributed by atoms with E-state index in [0.717, 1.165) is 12.8 Å². The summed E-state index contributed by atoms with van der Waals surface area (Å²) in [4.78, 5) is 22.1. The maximum absolute atomic E-state index is 11.1. The molecule has 0 spiro atoms. The fraction of sp³-hybridized carbons (Fsp3) is 0.500. The van der Waals surface area contributed by atoms with Crippen LogP contribution >= 0.6 is 0 Å². The van der Waals surface area contributed by atoms with Crippen molar-refractivity contribution in [2.75, 3.05) is 0 Å². The molecule has 1 aromatic rings. The van der Waals surface area contributed by atoms with Gasteiger partial charge in [-0.25, -0.2) is 9.59 Å². The highest BCUT2D eigenvalue weighted by Gasteiger charge is 2.28. The Labute approximate surface area is 99.1 Å². The molecule has 1 heterocycles. The van der Waals surface area contributed by atoms with Gasteiger partial charge in [0.15, 0.2) is 0 Å². The molecule has 5 nitrogen and oxygen atoms in total. The molecule has 0 saturated carbocycles. The van der Waals surface area contributed by atoms with E-state index in [1.165, 1.54) is 0 Å². The molecule has 94 valence electrons. The van der Waals surface area contributed by atoms with Gasteiger partial charge in [0.05, 0.1) is 0 Å². The Morgan fingerprint density at radius 1 is 1.06 bits per heavy atom.